The third-order valence-electron chi connectivity index (χ3n) is 4.62. The van der Waals surface area contributed by atoms with Gasteiger partial charge in [-0.2, -0.15) is 0 Å². The van der Waals surface area contributed by atoms with Gasteiger partial charge in [0, 0.05) is 52.0 Å². The van der Waals surface area contributed by atoms with Crippen molar-refractivity contribution in [1.29, 1.82) is 0 Å². The molecule has 0 atom stereocenters. The topological polar surface area (TPSA) is 162 Å². The lowest BCUT2D eigenvalue weighted by atomic mass is 10.2. The monoisotopic (exact) mass is 505 g/mol. The van der Waals surface area contributed by atoms with E-state index in [2.05, 4.69) is 21.3 Å². The number of hydrogen-bond donors (Lipinski definition) is 5. The molecule has 0 rings (SSSR count). The second-order valence-corrected chi connectivity index (χ2v) is 7.70. The van der Waals surface area contributed by atoms with Crippen LogP contribution in [0.2, 0.25) is 0 Å². The summed E-state index contributed by atoms with van der Waals surface area (Å²) in [6.45, 7) is 6.69. The Labute approximate surface area is 209 Å². The number of nitrogens with two attached hydrogens (primary N) is 1. The van der Waals surface area contributed by atoms with Gasteiger partial charge in [0.2, 0.25) is 17.7 Å². The smallest absolute Gasteiger partial charge is 0.220 e. The number of unbranched alkanes of at least 4 members (excludes halogenated alkanes) is 2. The predicted octanol–water partition coefficient (Wildman–Crippen LogP) is -1.08. The minimum atomic E-state index is -0.183. The summed E-state index contributed by atoms with van der Waals surface area (Å²) in [5.74, 6) is -0.338. The average molecular weight is 506 g/mol. The van der Waals surface area contributed by atoms with Crippen LogP contribution in [0.4, 0.5) is 0 Å². The highest BCUT2D eigenvalue weighted by Crippen LogP contribution is 1.99. The number of rotatable bonds is 26. The van der Waals surface area contributed by atoms with E-state index in [0.717, 1.165) is 25.8 Å². The first kappa shape index (κ1) is 33.2. The van der Waals surface area contributed by atoms with Gasteiger partial charge in [-0.15, -0.1) is 0 Å². The van der Waals surface area contributed by atoms with Crippen molar-refractivity contribution in [2.45, 2.75) is 38.5 Å². The Balaban J connectivity index is 3.39. The van der Waals surface area contributed by atoms with E-state index < -0.39 is 0 Å². The molecule has 6 N–H and O–H groups in total. The van der Waals surface area contributed by atoms with Crippen molar-refractivity contribution in [3.05, 3.63) is 0 Å². The summed E-state index contributed by atoms with van der Waals surface area (Å²) in [6, 6.07) is 0. The van der Waals surface area contributed by atoms with Crippen molar-refractivity contribution in [2.24, 2.45) is 5.73 Å². The summed E-state index contributed by atoms with van der Waals surface area (Å²) >= 11 is 0. The fourth-order valence-corrected chi connectivity index (χ4v) is 2.73. The molecule has 0 aliphatic carbocycles. The molecule has 0 saturated heterocycles. The molecule has 12 nitrogen and oxygen atoms in total. The Morgan fingerprint density at radius 3 is 1.51 bits per heavy atom. The fourth-order valence-electron chi connectivity index (χ4n) is 2.73. The van der Waals surface area contributed by atoms with Crippen LogP contribution in [0.1, 0.15) is 38.5 Å². The minimum absolute atomic E-state index is 0.000698. The zero-order valence-electron chi connectivity index (χ0n) is 21.4. The lowest BCUT2D eigenvalue weighted by Crippen LogP contribution is -2.30. The molecule has 0 bridgehead atoms. The largest absolute Gasteiger partial charge is 0.378 e. The number of nitrogens with one attached hydrogen (secondary N) is 4. The zero-order valence-corrected chi connectivity index (χ0v) is 21.4. The molecule has 35 heavy (non-hydrogen) atoms. The van der Waals surface area contributed by atoms with Gasteiger partial charge in [0.05, 0.1) is 52.9 Å². The summed E-state index contributed by atoms with van der Waals surface area (Å²) in [7, 11) is 1.87. The molecular weight excluding hydrogens is 458 g/mol. The van der Waals surface area contributed by atoms with Crippen molar-refractivity contribution in [3.63, 3.8) is 0 Å². The number of hydrogen-bond acceptors (Lipinski definition) is 9. The van der Waals surface area contributed by atoms with Crippen molar-refractivity contribution >= 4 is 17.7 Å². The third-order valence-corrected chi connectivity index (χ3v) is 4.62. The van der Waals surface area contributed by atoms with E-state index >= 15 is 0 Å². The van der Waals surface area contributed by atoms with Gasteiger partial charge in [0.1, 0.15) is 0 Å². The van der Waals surface area contributed by atoms with E-state index in [1.54, 1.807) is 0 Å². The average Bonchev–Trinajstić information content (AvgIpc) is 2.85. The van der Waals surface area contributed by atoms with Gasteiger partial charge < -0.3 is 45.9 Å². The highest BCUT2D eigenvalue weighted by atomic mass is 16.5. The number of carbonyl (C=O) groups is 3. The minimum Gasteiger partial charge on any atom is -0.378 e. The maximum Gasteiger partial charge on any atom is 0.220 e. The van der Waals surface area contributed by atoms with E-state index in [0.29, 0.717) is 85.5 Å². The lowest BCUT2D eigenvalue weighted by molar-refractivity contribution is -0.126. The summed E-state index contributed by atoms with van der Waals surface area (Å²) in [6.07, 6.45) is 3.11. The van der Waals surface area contributed by atoms with E-state index in [-0.39, 0.29) is 30.6 Å². The van der Waals surface area contributed by atoms with Gasteiger partial charge in [0.25, 0.3) is 0 Å². The van der Waals surface area contributed by atoms with E-state index in [4.69, 9.17) is 24.7 Å². The van der Waals surface area contributed by atoms with Gasteiger partial charge in [0.15, 0.2) is 0 Å². The Kier molecular flexibility index (Phi) is 25.4. The Morgan fingerprint density at radius 1 is 0.543 bits per heavy atom. The molecule has 0 fully saturated rings. The Morgan fingerprint density at radius 2 is 1.00 bits per heavy atom. The van der Waals surface area contributed by atoms with Gasteiger partial charge >= 0.3 is 0 Å². The van der Waals surface area contributed by atoms with Crippen LogP contribution in [0, 0.1) is 0 Å². The molecule has 0 heterocycles. The Bertz CT molecular complexity index is 526. The number of likely N-dealkylation sites (N-methyl/N-ethyl adjacent to an activating group) is 1. The van der Waals surface area contributed by atoms with Gasteiger partial charge in [-0.3, -0.25) is 14.4 Å². The second kappa shape index (κ2) is 26.8. The van der Waals surface area contributed by atoms with Crippen molar-refractivity contribution in [3.8, 4) is 0 Å². The molecule has 0 aromatic carbocycles. The molecule has 0 aliphatic heterocycles. The van der Waals surface area contributed by atoms with Crippen LogP contribution in [0.15, 0.2) is 0 Å². The highest BCUT2D eigenvalue weighted by molar-refractivity contribution is 5.83. The van der Waals surface area contributed by atoms with Gasteiger partial charge in [-0.25, -0.2) is 0 Å². The first-order valence-electron chi connectivity index (χ1n) is 12.6. The standard InChI is InChI=1S/C23H47N5O7/c1-25-10-14-33-19-20-35-15-11-27-21(29)5-3-2-4-9-26-22(30)6-7-23(31)28-12-16-34-18-17-32-13-8-24/h25H,2-20,24H2,1H3,(H,26,30)(H,27,29)(H,28,31). The molecule has 0 saturated carbocycles. The predicted molar refractivity (Wildman–Crippen MR) is 133 cm³/mol. The number of amides is 3. The first-order chi connectivity index (χ1) is 17.1. The van der Waals surface area contributed by atoms with Crippen LogP contribution >= 0.6 is 0 Å². The number of ether oxygens (including phenoxy) is 4. The molecule has 0 spiro atoms. The summed E-state index contributed by atoms with van der Waals surface area (Å²) < 4.78 is 21.2. The molecule has 3 amide bonds. The molecule has 12 heteroatoms. The molecule has 206 valence electrons. The van der Waals surface area contributed by atoms with Crippen molar-refractivity contribution in [1.82, 2.24) is 21.3 Å². The third kappa shape index (κ3) is 26.6. The van der Waals surface area contributed by atoms with Crippen LogP contribution in [0.3, 0.4) is 0 Å². The molecular formula is C23H47N5O7. The summed E-state index contributed by atoms with van der Waals surface area (Å²) in [4.78, 5) is 35.3. The highest BCUT2D eigenvalue weighted by Gasteiger charge is 2.06. The molecule has 0 unspecified atom stereocenters. The van der Waals surface area contributed by atoms with Gasteiger partial charge in [-0.1, -0.05) is 6.42 Å². The van der Waals surface area contributed by atoms with Crippen LogP contribution in [0.5, 0.6) is 0 Å². The molecule has 0 aromatic rings. The van der Waals surface area contributed by atoms with Crippen molar-refractivity contribution < 1.29 is 33.3 Å². The van der Waals surface area contributed by atoms with Crippen LogP contribution < -0.4 is 27.0 Å². The normalized spacial score (nSPS) is 10.8. The quantitative estimate of drug-likeness (QED) is 0.0921. The van der Waals surface area contributed by atoms with E-state index in [1.165, 1.54) is 0 Å². The summed E-state index contributed by atoms with van der Waals surface area (Å²) in [5, 5.41) is 11.3. The fraction of sp³-hybridized carbons (Fsp3) is 0.870. The van der Waals surface area contributed by atoms with Crippen LogP contribution in [-0.4, -0.2) is 110 Å². The van der Waals surface area contributed by atoms with E-state index in [9.17, 15) is 14.4 Å². The zero-order chi connectivity index (χ0) is 25.8. The molecule has 0 aromatic heterocycles. The maximum atomic E-state index is 11.8. The van der Waals surface area contributed by atoms with Gasteiger partial charge in [-0.05, 0) is 19.9 Å². The Hall–Kier alpha value is -1.83. The SMILES string of the molecule is CNCCOCCOCCNC(=O)CCCCCNC(=O)CCC(=O)NCCOCCOCCN. The van der Waals surface area contributed by atoms with E-state index in [1.807, 2.05) is 7.05 Å². The van der Waals surface area contributed by atoms with Crippen LogP contribution in [-0.2, 0) is 33.3 Å². The number of carbonyl (C=O) groups excluding carboxylic acids is 3. The first-order valence-corrected chi connectivity index (χ1v) is 12.6. The molecule has 0 radical (unpaired) electrons. The molecule has 0 aliphatic rings. The van der Waals surface area contributed by atoms with Crippen molar-refractivity contribution in [2.75, 3.05) is 92.6 Å². The lowest BCUT2D eigenvalue weighted by Gasteiger charge is -2.08. The van der Waals surface area contributed by atoms with Crippen LogP contribution in [0.25, 0.3) is 0 Å². The second-order valence-electron chi connectivity index (χ2n) is 7.70. The maximum absolute atomic E-state index is 11.8. The summed E-state index contributed by atoms with van der Waals surface area (Å²) in [5.41, 5.74) is 5.30.